The Bertz CT molecular complexity index is 269. The van der Waals surface area contributed by atoms with Crippen molar-refractivity contribution in [1.29, 1.82) is 0 Å². The molecule has 0 amide bonds. The van der Waals surface area contributed by atoms with Crippen LogP contribution in [0.15, 0.2) is 16.8 Å². The number of rotatable bonds is 6. The van der Waals surface area contributed by atoms with Crippen molar-refractivity contribution in [3.05, 3.63) is 22.4 Å². The standard InChI is InChI=1S/C12H21NOS/c1-12(2,14-3)8-11(13)5-4-10-6-7-15-9-10/h6-7,9,11H,4-5,8,13H2,1-3H3. The van der Waals surface area contributed by atoms with Crippen LogP contribution in [0.3, 0.4) is 0 Å². The predicted molar refractivity (Wildman–Crippen MR) is 66.3 cm³/mol. The molecule has 1 unspecified atom stereocenters. The topological polar surface area (TPSA) is 35.2 Å². The van der Waals surface area contributed by atoms with Gasteiger partial charge in [-0.2, -0.15) is 11.3 Å². The number of nitrogens with two attached hydrogens (primary N) is 1. The van der Waals surface area contributed by atoms with E-state index in [0.717, 1.165) is 19.3 Å². The average Bonchev–Trinajstić information content (AvgIpc) is 2.66. The van der Waals surface area contributed by atoms with Gasteiger partial charge in [0.05, 0.1) is 5.60 Å². The van der Waals surface area contributed by atoms with Crippen molar-refractivity contribution in [3.8, 4) is 0 Å². The van der Waals surface area contributed by atoms with Gasteiger partial charge in [-0.15, -0.1) is 0 Å². The zero-order valence-corrected chi connectivity index (χ0v) is 10.6. The summed E-state index contributed by atoms with van der Waals surface area (Å²) in [5.74, 6) is 0. The lowest BCUT2D eigenvalue weighted by atomic mass is 9.95. The Hall–Kier alpha value is -0.380. The number of aryl methyl sites for hydroxylation is 1. The molecule has 0 fully saturated rings. The fraction of sp³-hybridized carbons (Fsp3) is 0.667. The van der Waals surface area contributed by atoms with Gasteiger partial charge in [0.25, 0.3) is 0 Å². The SMILES string of the molecule is COC(C)(C)CC(N)CCc1ccsc1. The Labute approximate surface area is 96.4 Å². The van der Waals surface area contributed by atoms with Crippen LogP contribution >= 0.6 is 11.3 Å². The highest BCUT2D eigenvalue weighted by molar-refractivity contribution is 7.07. The maximum atomic E-state index is 6.08. The second-order valence-corrected chi connectivity index (χ2v) is 5.38. The Kier molecular flexibility index (Phi) is 4.77. The molecule has 0 aromatic carbocycles. The summed E-state index contributed by atoms with van der Waals surface area (Å²) in [5, 5.41) is 4.30. The Morgan fingerprint density at radius 3 is 2.80 bits per heavy atom. The van der Waals surface area contributed by atoms with Crippen LogP contribution < -0.4 is 5.73 Å². The molecule has 0 bridgehead atoms. The summed E-state index contributed by atoms with van der Waals surface area (Å²) in [7, 11) is 1.74. The quantitative estimate of drug-likeness (QED) is 0.811. The molecule has 2 N–H and O–H groups in total. The van der Waals surface area contributed by atoms with Gasteiger partial charge < -0.3 is 10.5 Å². The van der Waals surface area contributed by atoms with Crippen molar-refractivity contribution in [2.24, 2.45) is 5.73 Å². The molecule has 1 heterocycles. The van der Waals surface area contributed by atoms with E-state index in [4.69, 9.17) is 10.5 Å². The first-order chi connectivity index (χ1) is 7.03. The second-order valence-electron chi connectivity index (χ2n) is 4.60. The van der Waals surface area contributed by atoms with Crippen molar-refractivity contribution in [1.82, 2.24) is 0 Å². The third-order valence-corrected chi connectivity index (χ3v) is 3.42. The molecule has 86 valence electrons. The van der Waals surface area contributed by atoms with E-state index in [1.165, 1.54) is 5.56 Å². The van der Waals surface area contributed by atoms with Crippen molar-refractivity contribution < 1.29 is 4.74 Å². The third kappa shape index (κ3) is 4.78. The van der Waals surface area contributed by atoms with Crippen LogP contribution in [0.4, 0.5) is 0 Å². The number of hydrogen-bond acceptors (Lipinski definition) is 3. The molecular weight excluding hydrogens is 206 g/mol. The minimum absolute atomic E-state index is 0.103. The summed E-state index contributed by atoms with van der Waals surface area (Å²) < 4.78 is 5.37. The van der Waals surface area contributed by atoms with E-state index >= 15 is 0 Å². The molecule has 1 rings (SSSR count). The van der Waals surface area contributed by atoms with Gasteiger partial charge in [0.15, 0.2) is 0 Å². The first-order valence-corrected chi connectivity index (χ1v) is 6.29. The zero-order valence-electron chi connectivity index (χ0n) is 9.82. The van der Waals surface area contributed by atoms with Crippen LogP contribution in [0.25, 0.3) is 0 Å². The summed E-state index contributed by atoms with van der Waals surface area (Å²) in [6.07, 6.45) is 3.02. The maximum Gasteiger partial charge on any atom is 0.0637 e. The van der Waals surface area contributed by atoms with Gasteiger partial charge in [0, 0.05) is 13.2 Å². The van der Waals surface area contributed by atoms with E-state index < -0.39 is 0 Å². The van der Waals surface area contributed by atoms with Crippen molar-refractivity contribution in [2.45, 2.75) is 44.8 Å². The molecule has 1 atom stereocenters. The lowest BCUT2D eigenvalue weighted by molar-refractivity contribution is 0.00960. The fourth-order valence-corrected chi connectivity index (χ4v) is 2.31. The lowest BCUT2D eigenvalue weighted by Crippen LogP contribution is -2.33. The van der Waals surface area contributed by atoms with Crippen LogP contribution in [0, 0.1) is 0 Å². The van der Waals surface area contributed by atoms with Crippen LogP contribution in [-0.4, -0.2) is 18.8 Å². The second kappa shape index (κ2) is 5.64. The van der Waals surface area contributed by atoms with Gasteiger partial charge >= 0.3 is 0 Å². The number of ether oxygens (including phenoxy) is 1. The van der Waals surface area contributed by atoms with Crippen LogP contribution in [0.2, 0.25) is 0 Å². The van der Waals surface area contributed by atoms with Crippen molar-refractivity contribution >= 4 is 11.3 Å². The minimum atomic E-state index is -0.103. The zero-order chi connectivity index (χ0) is 11.3. The van der Waals surface area contributed by atoms with E-state index in [1.807, 2.05) is 0 Å². The fourth-order valence-electron chi connectivity index (χ4n) is 1.60. The molecule has 0 aliphatic rings. The van der Waals surface area contributed by atoms with Gasteiger partial charge in [-0.25, -0.2) is 0 Å². The summed E-state index contributed by atoms with van der Waals surface area (Å²) >= 11 is 1.74. The first-order valence-electron chi connectivity index (χ1n) is 5.35. The van der Waals surface area contributed by atoms with E-state index in [0.29, 0.717) is 0 Å². The summed E-state index contributed by atoms with van der Waals surface area (Å²) in [4.78, 5) is 0. The molecule has 0 aliphatic carbocycles. The molecule has 0 radical (unpaired) electrons. The molecule has 0 spiro atoms. The molecular formula is C12H21NOS. The Morgan fingerprint density at radius 1 is 1.53 bits per heavy atom. The normalized spacial score (nSPS) is 14.1. The minimum Gasteiger partial charge on any atom is -0.379 e. The summed E-state index contributed by atoms with van der Waals surface area (Å²) in [5.41, 5.74) is 7.37. The largest absolute Gasteiger partial charge is 0.379 e. The lowest BCUT2D eigenvalue weighted by Gasteiger charge is -2.26. The molecule has 3 heteroatoms. The monoisotopic (exact) mass is 227 g/mol. The van der Waals surface area contributed by atoms with Crippen molar-refractivity contribution in [2.75, 3.05) is 7.11 Å². The first kappa shape index (κ1) is 12.7. The van der Waals surface area contributed by atoms with Crippen molar-refractivity contribution in [3.63, 3.8) is 0 Å². The molecule has 15 heavy (non-hydrogen) atoms. The van der Waals surface area contributed by atoms with Gasteiger partial charge in [0.2, 0.25) is 0 Å². The summed E-state index contributed by atoms with van der Waals surface area (Å²) in [6.45, 7) is 4.16. The van der Waals surface area contributed by atoms with Crippen LogP contribution in [-0.2, 0) is 11.2 Å². The summed E-state index contributed by atoms with van der Waals surface area (Å²) in [6, 6.07) is 2.39. The highest BCUT2D eigenvalue weighted by Crippen LogP contribution is 2.18. The van der Waals surface area contributed by atoms with E-state index in [2.05, 4.69) is 30.7 Å². The van der Waals surface area contributed by atoms with Gasteiger partial charge in [-0.3, -0.25) is 0 Å². The molecule has 1 aromatic heterocycles. The van der Waals surface area contributed by atoms with Crippen LogP contribution in [0.1, 0.15) is 32.3 Å². The van der Waals surface area contributed by atoms with Crippen LogP contribution in [0.5, 0.6) is 0 Å². The predicted octanol–water partition coefficient (Wildman–Crippen LogP) is 2.82. The molecule has 0 saturated carbocycles. The third-order valence-electron chi connectivity index (χ3n) is 2.69. The van der Waals surface area contributed by atoms with E-state index in [-0.39, 0.29) is 11.6 Å². The van der Waals surface area contributed by atoms with E-state index in [9.17, 15) is 0 Å². The maximum absolute atomic E-state index is 6.08. The smallest absolute Gasteiger partial charge is 0.0637 e. The average molecular weight is 227 g/mol. The molecule has 1 aromatic rings. The van der Waals surface area contributed by atoms with E-state index in [1.54, 1.807) is 18.4 Å². The van der Waals surface area contributed by atoms with Gasteiger partial charge in [-0.05, 0) is 55.5 Å². The number of methoxy groups -OCH3 is 1. The number of hydrogen-bond donors (Lipinski definition) is 1. The highest BCUT2D eigenvalue weighted by atomic mass is 32.1. The number of thiophene rings is 1. The molecule has 0 saturated heterocycles. The molecule has 0 aliphatic heterocycles. The Balaban J connectivity index is 2.27. The Morgan fingerprint density at radius 2 is 2.27 bits per heavy atom. The molecule has 2 nitrogen and oxygen atoms in total. The van der Waals surface area contributed by atoms with Gasteiger partial charge in [-0.1, -0.05) is 0 Å². The van der Waals surface area contributed by atoms with Gasteiger partial charge in [0.1, 0.15) is 0 Å². The highest BCUT2D eigenvalue weighted by Gasteiger charge is 2.20.